The number of para-hydroxylation sites is 4. The van der Waals surface area contributed by atoms with Gasteiger partial charge in [0, 0.05) is 18.9 Å². The Balaban J connectivity index is 1.70. The van der Waals surface area contributed by atoms with Crippen LogP contribution in [0.5, 0.6) is 11.5 Å². The minimum atomic E-state index is -0.0207. The van der Waals surface area contributed by atoms with E-state index in [1.54, 1.807) is 0 Å². The minimum Gasteiger partial charge on any atom is -0.490 e. The lowest BCUT2D eigenvalue weighted by Gasteiger charge is -2.14. The van der Waals surface area contributed by atoms with Crippen molar-refractivity contribution in [2.24, 2.45) is 5.92 Å². The first-order valence-corrected chi connectivity index (χ1v) is 10.2. The SMILES string of the molecule is CCOc1ccccc1OCCn1c(CCNC(=O)C(C)C)nc2ccccc21. The number of aromatic nitrogens is 2. The van der Waals surface area contributed by atoms with E-state index in [0.717, 1.165) is 28.4 Å². The number of fused-ring (bicyclic) bond motifs is 1. The fourth-order valence-electron chi connectivity index (χ4n) is 3.16. The van der Waals surface area contributed by atoms with Crippen LogP contribution in [0.4, 0.5) is 0 Å². The maximum atomic E-state index is 11.8. The molecule has 0 unspecified atom stereocenters. The van der Waals surface area contributed by atoms with Crippen LogP contribution in [-0.2, 0) is 17.8 Å². The molecule has 0 spiro atoms. The quantitative estimate of drug-likeness (QED) is 0.567. The third kappa shape index (κ3) is 5.28. The molecular weight excluding hydrogens is 366 g/mol. The van der Waals surface area contributed by atoms with Gasteiger partial charge in [-0.05, 0) is 31.2 Å². The molecule has 3 aromatic rings. The molecule has 1 aromatic heterocycles. The van der Waals surface area contributed by atoms with E-state index in [4.69, 9.17) is 14.5 Å². The van der Waals surface area contributed by atoms with Crippen molar-refractivity contribution in [2.75, 3.05) is 19.8 Å². The summed E-state index contributed by atoms with van der Waals surface area (Å²) in [4.78, 5) is 16.6. The Morgan fingerprint density at radius 2 is 1.76 bits per heavy atom. The van der Waals surface area contributed by atoms with Crippen molar-refractivity contribution in [2.45, 2.75) is 33.7 Å². The summed E-state index contributed by atoms with van der Waals surface area (Å²) >= 11 is 0. The molecule has 1 amide bonds. The van der Waals surface area contributed by atoms with Gasteiger partial charge in [0.25, 0.3) is 0 Å². The van der Waals surface area contributed by atoms with Gasteiger partial charge in [-0.25, -0.2) is 4.98 Å². The van der Waals surface area contributed by atoms with Crippen LogP contribution in [-0.4, -0.2) is 35.2 Å². The molecule has 0 fully saturated rings. The molecular formula is C23H29N3O3. The minimum absolute atomic E-state index is 0.0207. The summed E-state index contributed by atoms with van der Waals surface area (Å²) in [5.74, 6) is 2.47. The molecule has 6 nitrogen and oxygen atoms in total. The predicted octanol–water partition coefficient (Wildman–Crippen LogP) is 3.83. The van der Waals surface area contributed by atoms with Gasteiger partial charge >= 0.3 is 0 Å². The largest absolute Gasteiger partial charge is 0.490 e. The number of benzene rings is 2. The Morgan fingerprint density at radius 3 is 2.48 bits per heavy atom. The summed E-state index contributed by atoms with van der Waals surface area (Å²) in [6, 6.07) is 15.8. The average molecular weight is 396 g/mol. The highest BCUT2D eigenvalue weighted by Gasteiger charge is 2.12. The van der Waals surface area contributed by atoms with Gasteiger partial charge in [-0.2, -0.15) is 0 Å². The molecule has 0 saturated heterocycles. The van der Waals surface area contributed by atoms with E-state index in [-0.39, 0.29) is 11.8 Å². The molecule has 1 N–H and O–H groups in total. The van der Waals surface area contributed by atoms with Crippen LogP contribution in [0.25, 0.3) is 11.0 Å². The van der Waals surface area contributed by atoms with Crippen LogP contribution in [0.2, 0.25) is 0 Å². The smallest absolute Gasteiger partial charge is 0.222 e. The number of nitrogens with one attached hydrogen (secondary N) is 1. The van der Waals surface area contributed by atoms with E-state index in [0.29, 0.717) is 32.7 Å². The number of carbonyl (C=O) groups excluding carboxylic acids is 1. The van der Waals surface area contributed by atoms with Crippen LogP contribution in [0.3, 0.4) is 0 Å². The summed E-state index contributed by atoms with van der Waals surface area (Å²) in [6.07, 6.45) is 0.669. The second-order valence-corrected chi connectivity index (χ2v) is 7.09. The first kappa shape index (κ1) is 20.7. The topological polar surface area (TPSA) is 65.4 Å². The number of rotatable bonds is 10. The molecule has 1 heterocycles. The Kier molecular flexibility index (Phi) is 7.11. The van der Waals surface area contributed by atoms with E-state index >= 15 is 0 Å². The summed E-state index contributed by atoms with van der Waals surface area (Å²) in [5.41, 5.74) is 2.02. The third-order valence-corrected chi connectivity index (χ3v) is 4.63. The van der Waals surface area contributed by atoms with Gasteiger partial charge in [0.1, 0.15) is 12.4 Å². The zero-order valence-corrected chi connectivity index (χ0v) is 17.4. The fourth-order valence-corrected chi connectivity index (χ4v) is 3.16. The van der Waals surface area contributed by atoms with Crippen molar-refractivity contribution in [1.82, 2.24) is 14.9 Å². The number of hydrogen-bond donors (Lipinski definition) is 1. The number of nitrogens with zero attached hydrogens (tertiary/aromatic N) is 2. The number of hydrogen-bond acceptors (Lipinski definition) is 4. The average Bonchev–Trinajstić information content (AvgIpc) is 3.07. The van der Waals surface area contributed by atoms with Crippen molar-refractivity contribution in [1.29, 1.82) is 0 Å². The Labute approximate surface area is 171 Å². The summed E-state index contributed by atoms with van der Waals surface area (Å²) in [7, 11) is 0. The Morgan fingerprint density at radius 1 is 1.07 bits per heavy atom. The number of carbonyl (C=O) groups is 1. The van der Waals surface area contributed by atoms with Crippen LogP contribution >= 0.6 is 0 Å². The fraction of sp³-hybridized carbons (Fsp3) is 0.391. The Bertz CT molecular complexity index is 949. The third-order valence-electron chi connectivity index (χ3n) is 4.63. The first-order chi connectivity index (χ1) is 14.1. The zero-order valence-electron chi connectivity index (χ0n) is 17.4. The highest BCUT2D eigenvalue weighted by molar-refractivity contribution is 5.78. The molecule has 0 saturated carbocycles. The molecule has 6 heteroatoms. The van der Waals surface area contributed by atoms with Gasteiger partial charge < -0.3 is 19.4 Å². The number of imidazole rings is 1. The molecule has 3 rings (SSSR count). The highest BCUT2D eigenvalue weighted by Crippen LogP contribution is 2.26. The van der Waals surface area contributed by atoms with E-state index in [1.807, 2.05) is 63.2 Å². The number of ether oxygens (including phenoxy) is 2. The lowest BCUT2D eigenvalue weighted by atomic mass is 10.2. The van der Waals surface area contributed by atoms with Crippen molar-refractivity contribution < 1.29 is 14.3 Å². The van der Waals surface area contributed by atoms with Crippen molar-refractivity contribution in [3.05, 3.63) is 54.4 Å². The van der Waals surface area contributed by atoms with Gasteiger partial charge in [0.15, 0.2) is 11.5 Å². The van der Waals surface area contributed by atoms with E-state index in [1.165, 1.54) is 0 Å². The maximum Gasteiger partial charge on any atom is 0.222 e. The van der Waals surface area contributed by atoms with Crippen molar-refractivity contribution >= 4 is 16.9 Å². The molecule has 0 aliphatic heterocycles. The number of amides is 1. The van der Waals surface area contributed by atoms with Crippen LogP contribution < -0.4 is 14.8 Å². The molecule has 0 atom stereocenters. The molecule has 0 bridgehead atoms. The second kappa shape index (κ2) is 9.96. The van der Waals surface area contributed by atoms with Crippen LogP contribution in [0.1, 0.15) is 26.6 Å². The summed E-state index contributed by atoms with van der Waals surface area (Å²) in [6.45, 7) is 8.06. The summed E-state index contributed by atoms with van der Waals surface area (Å²) < 4.78 is 13.8. The predicted molar refractivity (Wildman–Crippen MR) is 114 cm³/mol. The van der Waals surface area contributed by atoms with Crippen LogP contribution in [0.15, 0.2) is 48.5 Å². The van der Waals surface area contributed by atoms with Gasteiger partial charge in [-0.3, -0.25) is 4.79 Å². The zero-order chi connectivity index (χ0) is 20.6. The van der Waals surface area contributed by atoms with Gasteiger partial charge in [-0.1, -0.05) is 38.1 Å². The molecule has 0 aliphatic rings. The lowest BCUT2D eigenvalue weighted by molar-refractivity contribution is -0.123. The Hall–Kier alpha value is -3.02. The monoisotopic (exact) mass is 395 g/mol. The van der Waals surface area contributed by atoms with E-state index in [2.05, 4.69) is 16.0 Å². The molecule has 2 aromatic carbocycles. The van der Waals surface area contributed by atoms with Crippen molar-refractivity contribution in [3.63, 3.8) is 0 Å². The van der Waals surface area contributed by atoms with E-state index < -0.39 is 0 Å². The van der Waals surface area contributed by atoms with Crippen LogP contribution in [0, 0.1) is 5.92 Å². The van der Waals surface area contributed by atoms with Crippen molar-refractivity contribution in [3.8, 4) is 11.5 Å². The van der Waals surface area contributed by atoms with Gasteiger partial charge in [0.2, 0.25) is 5.91 Å². The van der Waals surface area contributed by atoms with E-state index in [9.17, 15) is 4.79 Å². The second-order valence-electron chi connectivity index (χ2n) is 7.09. The standard InChI is InChI=1S/C23H29N3O3/c1-4-28-20-11-7-8-12-21(20)29-16-15-26-19-10-6-5-9-18(19)25-22(26)13-14-24-23(27)17(2)3/h5-12,17H,4,13-16H2,1-3H3,(H,24,27). The lowest BCUT2D eigenvalue weighted by Crippen LogP contribution is -2.30. The molecule has 0 aliphatic carbocycles. The molecule has 29 heavy (non-hydrogen) atoms. The van der Waals surface area contributed by atoms with Gasteiger partial charge in [0.05, 0.1) is 24.2 Å². The normalized spacial score (nSPS) is 11.0. The molecule has 0 radical (unpaired) electrons. The highest BCUT2D eigenvalue weighted by atomic mass is 16.5. The summed E-state index contributed by atoms with van der Waals surface area (Å²) in [5, 5.41) is 2.97. The van der Waals surface area contributed by atoms with Gasteiger partial charge in [-0.15, -0.1) is 0 Å². The molecule has 154 valence electrons. The maximum absolute atomic E-state index is 11.8. The first-order valence-electron chi connectivity index (χ1n) is 10.2.